The summed E-state index contributed by atoms with van der Waals surface area (Å²) in [6.45, 7) is 0.653. The summed E-state index contributed by atoms with van der Waals surface area (Å²) >= 11 is 0. The van der Waals surface area contributed by atoms with E-state index in [9.17, 15) is 19.1 Å². The lowest BCUT2D eigenvalue weighted by Gasteiger charge is -2.17. The van der Waals surface area contributed by atoms with E-state index >= 15 is 0 Å². The first kappa shape index (κ1) is 14.8. The second-order valence-electron chi connectivity index (χ2n) is 4.19. The van der Waals surface area contributed by atoms with Crippen molar-refractivity contribution in [1.29, 1.82) is 0 Å². The first-order valence-electron chi connectivity index (χ1n) is 5.48. The number of aliphatic hydroxyl groups is 1. The van der Waals surface area contributed by atoms with Crippen LogP contribution in [0.4, 0.5) is 4.39 Å². The van der Waals surface area contributed by atoms with E-state index in [0.717, 1.165) is 13.0 Å². The first-order valence-corrected chi connectivity index (χ1v) is 5.48. The van der Waals surface area contributed by atoms with Crippen molar-refractivity contribution in [3.63, 3.8) is 0 Å². The van der Waals surface area contributed by atoms with Crippen LogP contribution in [-0.4, -0.2) is 34.2 Å². The van der Waals surface area contributed by atoms with Gasteiger partial charge in [-0.3, -0.25) is 4.79 Å². The molecule has 1 aromatic rings. The number of carbonyl (C=O) groups is 2. The van der Waals surface area contributed by atoms with Crippen molar-refractivity contribution in [3.8, 4) is 0 Å². The lowest BCUT2D eigenvalue weighted by molar-refractivity contribution is -0.156. The molecule has 0 radical (unpaired) electrons. The maximum atomic E-state index is 12.9. The maximum absolute atomic E-state index is 12.9. The normalized spacial score (nSPS) is 14.1. The second kappa shape index (κ2) is 6.10. The summed E-state index contributed by atoms with van der Waals surface area (Å²) in [6, 6.07) is 5.64. The van der Waals surface area contributed by atoms with Crippen molar-refractivity contribution in [2.24, 2.45) is 0 Å². The molecule has 1 aromatic carbocycles. The predicted molar refractivity (Wildman–Crippen MR) is 66.7 cm³/mol. The van der Waals surface area contributed by atoms with Crippen LogP contribution in [-0.2, 0) is 9.59 Å². The van der Waals surface area contributed by atoms with Crippen LogP contribution in [0.15, 0.2) is 30.3 Å². The molecule has 0 fully saturated rings. The van der Waals surface area contributed by atoms with E-state index in [4.69, 9.17) is 5.11 Å². The quantitative estimate of drug-likeness (QED) is 0.688. The molecule has 1 rings (SSSR count). The van der Waals surface area contributed by atoms with Crippen molar-refractivity contribution >= 4 is 18.0 Å². The van der Waals surface area contributed by atoms with E-state index in [1.165, 1.54) is 24.3 Å². The number of carboxylic acid groups (broad SMARTS) is 1. The minimum atomic E-state index is -2.03. The van der Waals surface area contributed by atoms with Gasteiger partial charge in [-0.15, -0.1) is 0 Å². The summed E-state index contributed by atoms with van der Waals surface area (Å²) in [5, 5.41) is 20.2. The molecule has 1 atom stereocenters. The number of carboxylic acids is 1. The molecule has 0 heterocycles. The van der Waals surface area contributed by atoms with Gasteiger partial charge in [-0.05, 0) is 30.7 Å². The lowest BCUT2D eigenvalue weighted by atomic mass is 10.1. The van der Waals surface area contributed by atoms with E-state index in [-0.39, 0.29) is 0 Å². The van der Waals surface area contributed by atoms with Crippen molar-refractivity contribution < 1.29 is 24.2 Å². The van der Waals surface area contributed by atoms with Gasteiger partial charge in [0.1, 0.15) is 5.82 Å². The Bertz CT molecular complexity index is 511. The molecule has 0 aromatic heterocycles. The number of carbonyl (C=O) groups excluding carboxylic acids is 1. The van der Waals surface area contributed by atoms with Crippen molar-refractivity contribution in [3.05, 3.63) is 41.7 Å². The Morgan fingerprint density at radius 3 is 2.74 bits per heavy atom. The zero-order valence-electron chi connectivity index (χ0n) is 10.3. The molecular formula is C13H14FNO4. The van der Waals surface area contributed by atoms with Crippen LogP contribution in [0.5, 0.6) is 0 Å². The topological polar surface area (TPSA) is 86.6 Å². The minimum Gasteiger partial charge on any atom is -0.479 e. The lowest BCUT2D eigenvalue weighted by Crippen LogP contribution is -2.46. The molecule has 1 unspecified atom stereocenters. The summed E-state index contributed by atoms with van der Waals surface area (Å²) in [5.74, 6) is -2.43. The standard InChI is InChI=1S/C13H14FNO4/c1-13(19,12(17)18)8-15-11(16)6-5-9-3-2-4-10(14)7-9/h2-7,19H,8H2,1H3,(H,15,16)(H,17,18). The van der Waals surface area contributed by atoms with Crippen LogP contribution >= 0.6 is 0 Å². The summed E-state index contributed by atoms with van der Waals surface area (Å²) in [4.78, 5) is 22.0. The Balaban J connectivity index is 2.54. The van der Waals surface area contributed by atoms with Crippen LogP contribution in [0.1, 0.15) is 12.5 Å². The number of halogens is 1. The number of aliphatic carboxylic acids is 1. The van der Waals surface area contributed by atoms with Crippen LogP contribution in [0, 0.1) is 5.82 Å². The van der Waals surface area contributed by atoms with Gasteiger partial charge in [-0.2, -0.15) is 0 Å². The molecule has 1 amide bonds. The van der Waals surface area contributed by atoms with Gasteiger partial charge >= 0.3 is 5.97 Å². The molecule has 3 N–H and O–H groups in total. The van der Waals surface area contributed by atoms with E-state index in [0.29, 0.717) is 5.56 Å². The van der Waals surface area contributed by atoms with Crippen molar-refractivity contribution in [2.75, 3.05) is 6.54 Å². The fourth-order valence-electron chi connectivity index (χ4n) is 1.18. The van der Waals surface area contributed by atoms with Gasteiger partial charge in [0, 0.05) is 6.08 Å². The van der Waals surface area contributed by atoms with Gasteiger partial charge in [0.2, 0.25) is 5.91 Å². The highest BCUT2D eigenvalue weighted by atomic mass is 19.1. The molecule has 6 heteroatoms. The fourth-order valence-corrected chi connectivity index (χ4v) is 1.18. The van der Waals surface area contributed by atoms with Crippen LogP contribution in [0.25, 0.3) is 6.08 Å². The van der Waals surface area contributed by atoms with E-state index in [2.05, 4.69) is 5.32 Å². The highest BCUT2D eigenvalue weighted by molar-refractivity contribution is 5.92. The fraction of sp³-hybridized carbons (Fsp3) is 0.231. The highest BCUT2D eigenvalue weighted by Crippen LogP contribution is 2.05. The van der Waals surface area contributed by atoms with Crippen LogP contribution in [0.3, 0.4) is 0 Å². The first-order chi connectivity index (χ1) is 8.81. The molecule has 0 aliphatic rings. The Labute approximate surface area is 109 Å². The largest absolute Gasteiger partial charge is 0.479 e. The maximum Gasteiger partial charge on any atom is 0.337 e. The van der Waals surface area contributed by atoms with Crippen molar-refractivity contribution in [1.82, 2.24) is 5.32 Å². The number of rotatable bonds is 5. The van der Waals surface area contributed by atoms with Gasteiger partial charge < -0.3 is 15.5 Å². The average Bonchev–Trinajstić information content (AvgIpc) is 2.34. The Kier molecular flexibility index (Phi) is 4.77. The highest BCUT2D eigenvalue weighted by Gasteiger charge is 2.29. The SMILES string of the molecule is CC(O)(CNC(=O)C=Cc1cccc(F)c1)C(=O)O. The van der Waals surface area contributed by atoms with Gasteiger partial charge in [-0.1, -0.05) is 12.1 Å². The van der Waals surface area contributed by atoms with Crippen molar-refractivity contribution in [2.45, 2.75) is 12.5 Å². The summed E-state index contributed by atoms with van der Waals surface area (Å²) in [7, 11) is 0. The minimum absolute atomic E-state index is 0.420. The molecule has 0 spiro atoms. The molecule has 19 heavy (non-hydrogen) atoms. The second-order valence-corrected chi connectivity index (χ2v) is 4.19. The molecular weight excluding hydrogens is 253 g/mol. The predicted octanol–water partition coefficient (Wildman–Crippen LogP) is 0.791. The summed E-state index contributed by atoms with van der Waals surface area (Å²) < 4.78 is 12.9. The third kappa shape index (κ3) is 4.89. The van der Waals surface area contributed by atoms with E-state index in [1.807, 2.05) is 0 Å². The number of hydrogen-bond acceptors (Lipinski definition) is 3. The summed E-state index contributed by atoms with van der Waals surface area (Å²) in [6.07, 6.45) is 2.51. The molecule has 0 saturated heterocycles. The van der Waals surface area contributed by atoms with Gasteiger partial charge in [0.15, 0.2) is 5.60 Å². The Morgan fingerprint density at radius 1 is 1.47 bits per heavy atom. The molecule has 0 bridgehead atoms. The molecule has 5 nitrogen and oxygen atoms in total. The molecule has 0 saturated carbocycles. The molecule has 102 valence electrons. The number of benzene rings is 1. The summed E-state index contributed by atoms with van der Waals surface area (Å²) in [5.41, 5.74) is -1.53. The zero-order chi connectivity index (χ0) is 14.5. The zero-order valence-corrected chi connectivity index (χ0v) is 10.3. The Morgan fingerprint density at radius 2 is 2.16 bits per heavy atom. The molecule has 0 aliphatic heterocycles. The van der Waals surface area contributed by atoms with E-state index < -0.39 is 29.8 Å². The molecule has 0 aliphatic carbocycles. The number of hydrogen-bond donors (Lipinski definition) is 3. The average molecular weight is 267 g/mol. The number of nitrogens with one attached hydrogen (secondary N) is 1. The van der Waals surface area contributed by atoms with Gasteiger partial charge in [0.05, 0.1) is 6.54 Å². The van der Waals surface area contributed by atoms with Gasteiger partial charge in [-0.25, -0.2) is 9.18 Å². The Hall–Kier alpha value is -2.21. The third-order valence-electron chi connectivity index (χ3n) is 2.34. The monoisotopic (exact) mass is 267 g/mol. The smallest absolute Gasteiger partial charge is 0.337 e. The number of amides is 1. The van der Waals surface area contributed by atoms with Gasteiger partial charge in [0.25, 0.3) is 0 Å². The van der Waals surface area contributed by atoms with E-state index in [1.54, 1.807) is 6.07 Å². The van der Waals surface area contributed by atoms with Crippen LogP contribution < -0.4 is 5.32 Å². The van der Waals surface area contributed by atoms with Crippen LogP contribution in [0.2, 0.25) is 0 Å². The third-order valence-corrected chi connectivity index (χ3v) is 2.34.